The molecule has 0 N–H and O–H groups in total. The van der Waals surface area contributed by atoms with Crippen molar-refractivity contribution in [1.29, 1.82) is 0 Å². The van der Waals surface area contributed by atoms with Crippen LogP contribution in [-0.2, 0) is 28.7 Å². The molecule has 1 unspecified atom stereocenters. The van der Waals surface area contributed by atoms with E-state index in [0.717, 1.165) is 0 Å². The SMILES string of the molecule is CC1=Cc2c(ccc(C)c2-c2cc(C(C)(C)C)cc(C(C)(C)C)c2)[CH]1[Zr]([Cl])([Cl])[c]1cccc2c1[SiH2]c1ccccc1-2. The third-order valence-corrected chi connectivity index (χ3v) is 23.7. The molecule has 0 amide bonds. The normalized spacial score (nSPS) is 16.9. The maximum absolute atomic E-state index is 7.78. The molecule has 0 nitrogen and oxygen atoms in total. The van der Waals surface area contributed by atoms with E-state index < -0.39 is 27.4 Å². The first-order valence-electron chi connectivity index (χ1n) is 14.7. The molecule has 0 spiro atoms. The Balaban J connectivity index is 1.51. The van der Waals surface area contributed by atoms with Crippen molar-refractivity contribution in [2.75, 3.05) is 0 Å². The summed E-state index contributed by atoms with van der Waals surface area (Å²) in [6.07, 6.45) is 2.40. The first-order valence-corrected chi connectivity index (χ1v) is 25.1. The number of halogens is 2. The van der Waals surface area contributed by atoms with E-state index in [9.17, 15) is 0 Å². The van der Waals surface area contributed by atoms with Crippen molar-refractivity contribution in [3.05, 3.63) is 106 Å². The van der Waals surface area contributed by atoms with Crippen molar-refractivity contribution >= 4 is 46.3 Å². The van der Waals surface area contributed by atoms with Crippen LogP contribution in [0.2, 0.25) is 0 Å². The molecule has 1 aliphatic heterocycles. The molecular weight excluding hydrogens is 635 g/mol. The Morgan fingerprint density at radius 2 is 1.37 bits per heavy atom. The Labute approximate surface area is 260 Å². The van der Waals surface area contributed by atoms with Crippen molar-refractivity contribution < 1.29 is 17.9 Å². The van der Waals surface area contributed by atoms with Gasteiger partial charge in [-0.2, -0.15) is 0 Å². The van der Waals surface area contributed by atoms with Gasteiger partial charge in [-0.1, -0.05) is 0 Å². The second-order valence-corrected chi connectivity index (χ2v) is 30.0. The number of aryl methyl sites for hydroxylation is 1. The van der Waals surface area contributed by atoms with Gasteiger partial charge in [-0.3, -0.25) is 0 Å². The minimum atomic E-state index is -3.94. The number of allylic oxidation sites excluding steroid dienone is 1. The van der Waals surface area contributed by atoms with Gasteiger partial charge in [0.1, 0.15) is 0 Å². The predicted octanol–water partition coefficient (Wildman–Crippen LogP) is 8.60. The van der Waals surface area contributed by atoms with Gasteiger partial charge in [-0.25, -0.2) is 0 Å². The second-order valence-electron chi connectivity index (χ2n) is 14.2. The first-order chi connectivity index (χ1) is 19.2. The zero-order valence-electron chi connectivity index (χ0n) is 25.5. The molecule has 1 heterocycles. The molecule has 0 saturated heterocycles. The van der Waals surface area contributed by atoms with Crippen LogP contribution >= 0.6 is 17.0 Å². The van der Waals surface area contributed by atoms with Gasteiger partial charge in [0.05, 0.1) is 0 Å². The Morgan fingerprint density at radius 1 is 0.732 bits per heavy atom. The van der Waals surface area contributed by atoms with Crippen molar-refractivity contribution in [2.45, 2.75) is 69.8 Å². The van der Waals surface area contributed by atoms with Gasteiger partial charge in [-0.05, 0) is 0 Å². The van der Waals surface area contributed by atoms with Gasteiger partial charge in [0, 0.05) is 0 Å². The van der Waals surface area contributed by atoms with Gasteiger partial charge in [0.25, 0.3) is 0 Å². The van der Waals surface area contributed by atoms with Gasteiger partial charge in [-0.15, -0.1) is 0 Å². The number of rotatable bonds is 3. The molecule has 0 bridgehead atoms. The molecular formula is C37H40Cl2SiZr. The minimum absolute atomic E-state index is 0.0587. The monoisotopic (exact) mass is 672 g/mol. The summed E-state index contributed by atoms with van der Waals surface area (Å²) < 4.78 is 1.39. The summed E-state index contributed by atoms with van der Waals surface area (Å²) in [4.78, 5) is 0. The average Bonchev–Trinajstić information content (AvgIpc) is 3.44. The van der Waals surface area contributed by atoms with Crippen LogP contribution in [0.5, 0.6) is 0 Å². The summed E-state index contributed by atoms with van der Waals surface area (Å²) >= 11 is -3.94. The molecule has 0 fully saturated rings. The quantitative estimate of drug-likeness (QED) is 0.168. The summed E-state index contributed by atoms with van der Waals surface area (Å²) in [6, 6.07) is 27.4. The van der Waals surface area contributed by atoms with E-state index in [4.69, 9.17) is 17.0 Å². The fourth-order valence-corrected chi connectivity index (χ4v) is 24.0. The van der Waals surface area contributed by atoms with Crippen LogP contribution in [0.3, 0.4) is 0 Å². The van der Waals surface area contributed by atoms with Crippen LogP contribution in [0, 0.1) is 6.92 Å². The zero-order valence-corrected chi connectivity index (χ0v) is 30.9. The fourth-order valence-electron chi connectivity index (χ4n) is 6.84. The molecule has 4 heteroatoms. The standard InChI is InChI=1S/C25H31.C12H9Si.2ClH.Zr/c1-16-11-18-10-9-17(2)23(22(18)12-16)19-13-20(24(3,4)5)15-21(14-19)25(6,7)8;1-3-7-11-9(5-1)10-6-2-4-8-12(10)13-11;;;/h9-15H,1-8H3;1-7H,13H2;2*1H;/q;;;;+2/p-2. The van der Waals surface area contributed by atoms with E-state index in [1.807, 2.05) is 0 Å². The van der Waals surface area contributed by atoms with Crippen molar-refractivity contribution in [1.82, 2.24) is 0 Å². The van der Waals surface area contributed by atoms with Crippen LogP contribution in [0.4, 0.5) is 0 Å². The Kier molecular flexibility index (Phi) is 7.30. The van der Waals surface area contributed by atoms with E-state index in [0.29, 0.717) is 0 Å². The number of benzene rings is 4. The molecule has 210 valence electrons. The fraction of sp³-hybridized carbons (Fsp3) is 0.297. The Morgan fingerprint density at radius 3 is 2.02 bits per heavy atom. The van der Waals surface area contributed by atoms with Gasteiger partial charge >= 0.3 is 262 Å². The van der Waals surface area contributed by atoms with Crippen LogP contribution in [0.25, 0.3) is 28.3 Å². The average molecular weight is 675 g/mol. The van der Waals surface area contributed by atoms with E-state index in [-0.39, 0.29) is 14.5 Å². The molecule has 1 aliphatic carbocycles. The molecule has 0 aromatic heterocycles. The molecule has 0 radical (unpaired) electrons. The molecule has 6 rings (SSSR count). The maximum atomic E-state index is 7.78. The van der Waals surface area contributed by atoms with E-state index >= 15 is 0 Å². The van der Waals surface area contributed by atoms with Gasteiger partial charge in [0.2, 0.25) is 0 Å². The molecule has 0 saturated carbocycles. The van der Waals surface area contributed by atoms with Crippen LogP contribution in [0.15, 0.2) is 78.4 Å². The number of hydrogen-bond donors (Lipinski definition) is 0. The van der Waals surface area contributed by atoms with Gasteiger partial charge < -0.3 is 0 Å². The van der Waals surface area contributed by atoms with Crippen LogP contribution in [-0.4, -0.2) is 9.52 Å². The molecule has 4 aromatic carbocycles. The van der Waals surface area contributed by atoms with Crippen molar-refractivity contribution in [2.24, 2.45) is 0 Å². The van der Waals surface area contributed by atoms with Gasteiger partial charge in [0.15, 0.2) is 0 Å². The third kappa shape index (κ3) is 5.02. The Hall–Kier alpha value is -1.70. The van der Waals surface area contributed by atoms with Crippen LogP contribution < -0.4 is 13.6 Å². The van der Waals surface area contributed by atoms with E-state index in [1.54, 1.807) is 0 Å². The number of fused-ring (bicyclic) bond motifs is 4. The molecule has 1 atom stereocenters. The summed E-state index contributed by atoms with van der Waals surface area (Å²) in [5, 5.41) is 2.99. The van der Waals surface area contributed by atoms with Crippen molar-refractivity contribution in [3.8, 4) is 22.3 Å². The summed E-state index contributed by atoms with van der Waals surface area (Å²) in [5.74, 6) is 0. The topological polar surface area (TPSA) is 0 Å². The van der Waals surface area contributed by atoms with E-state index in [1.165, 1.54) is 69.3 Å². The zero-order chi connectivity index (χ0) is 29.5. The third-order valence-electron chi connectivity index (χ3n) is 9.15. The van der Waals surface area contributed by atoms with Crippen LogP contribution in [0.1, 0.15) is 79.9 Å². The Bertz CT molecular complexity index is 1700. The van der Waals surface area contributed by atoms with E-state index in [2.05, 4.69) is 134 Å². The molecule has 4 aromatic rings. The first kappa shape index (κ1) is 29.4. The molecule has 41 heavy (non-hydrogen) atoms. The van der Waals surface area contributed by atoms with Crippen molar-refractivity contribution in [3.63, 3.8) is 0 Å². The predicted molar refractivity (Wildman–Crippen MR) is 181 cm³/mol. The summed E-state index contributed by atoms with van der Waals surface area (Å²) in [6.45, 7) is 18.4. The molecule has 2 aliphatic rings. The summed E-state index contributed by atoms with van der Waals surface area (Å²) in [5.41, 5.74) is 13.5. The second kappa shape index (κ2) is 10.2. The number of hydrogen-bond acceptors (Lipinski definition) is 0. The summed E-state index contributed by atoms with van der Waals surface area (Å²) in [7, 11) is 14.9.